The Labute approximate surface area is 171 Å². The normalized spacial score (nSPS) is 20.6. The molecule has 2 aromatic carbocycles. The number of benzene rings is 2. The summed E-state index contributed by atoms with van der Waals surface area (Å²) in [5.41, 5.74) is 6.83. The van der Waals surface area contributed by atoms with E-state index in [1.807, 2.05) is 0 Å². The first-order valence-electron chi connectivity index (χ1n) is 10.2. The molecule has 0 amide bonds. The van der Waals surface area contributed by atoms with Crippen LogP contribution in [0.15, 0.2) is 42.5 Å². The molecule has 1 heterocycles. The van der Waals surface area contributed by atoms with E-state index in [-0.39, 0.29) is 16.2 Å². The Morgan fingerprint density at radius 1 is 0.704 bits per heavy atom. The van der Waals surface area contributed by atoms with Gasteiger partial charge in [-0.2, -0.15) is 0 Å². The van der Waals surface area contributed by atoms with Gasteiger partial charge in [0, 0.05) is 0 Å². The van der Waals surface area contributed by atoms with Crippen molar-refractivity contribution in [2.24, 2.45) is 0 Å². The van der Waals surface area contributed by atoms with Crippen LogP contribution in [-0.4, -0.2) is 13.9 Å². The monoisotopic (exact) mass is 429 g/mol. The van der Waals surface area contributed by atoms with Gasteiger partial charge >= 0.3 is 172 Å². The summed E-state index contributed by atoms with van der Waals surface area (Å²) >= 11 is -0.810. The Bertz CT molecular complexity index is 775. The average Bonchev–Trinajstić information content (AvgIpc) is 3.32. The third-order valence-electron chi connectivity index (χ3n) is 5.56. The topological polar surface area (TPSA) is 0 Å². The van der Waals surface area contributed by atoms with Gasteiger partial charge in [-0.25, -0.2) is 0 Å². The van der Waals surface area contributed by atoms with E-state index in [0.717, 1.165) is 4.82 Å². The molecule has 0 aliphatic carbocycles. The third kappa shape index (κ3) is 4.36. The van der Waals surface area contributed by atoms with Crippen LogP contribution in [0.4, 0.5) is 0 Å². The average molecular weight is 429 g/mol. The maximum absolute atomic E-state index is 2.55. The van der Waals surface area contributed by atoms with Gasteiger partial charge in [0.05, 0.1) is 0 Å². The van der Waals surface area contributed by atoms with Gasteiger partial charge < -0.3 is 0 Å². The minimum atomic E-state index is -0.810. The van der Waals surface area contributed by atoms with Gasteiger partial charge in [0.25, 0.3) is 0 Å². The molecule has 2 atom stereocenters. The molecule has 0 radical (unpaired) electrons. The Balaban J connectivity index is 2.20. The van der Waals surface area contributed by atoms with Crippen molar-refractivity contribution >= 4 is 18.4 Å². The van der Waals surface area contributed by atoms with E-state index >= 15 is 0 Å². The van der Waals surface area contributed by atoms with Gasteiger partial charge in [0.15, 0.2) is 0 Å². The zero-order chi connectivity index (χ0) is 20.2. The fourth-order valence-electron chi connectivity index (χ4n) is 3.74. The van der Waals surface area contributed by atoms with Crippen LogP contribution in [-0.2, 0) is 16.2 Å². The molecule has 1 heteroatoms. The minimum absolute atomic E-state index is 0.181. The molecule has 1 fully saturated rings. The van der Waals surface area contributed by atoms with Gasteiger partial charge in [-0.05, 0) is 0 Å². The molecule has 0 spiro atoms. The predicted molar refractivity (Wildman–Crippen MR) is 122 cm³/mol. The second-order valence-corrected chi connectivity index (χ2v) is 15.7. The Kier molecular flexibility index (Phi) is 5.20. The van der Waals surface area contributed by atoms with Crippen LogP contribution in [0.5, 0.6) is 0 Å². The molecule has 0 aromatic heterocycles. The van der Waals surface area contributed by atoms with E-state index in [4.69, 9.17) is 0 Å². The zero-order valence-corrected chi connectivity index (χ0v) is 20.4. The molecule has 0 bridgehead atoms. The van der Waals surface area contributed by atoms with Gasteiger partial charge in [0.2, 0.25) is 0 Å². The summed E-state index contributed by atoms with van der Waals surface area (Å²) in [6, 6.07) is 16.3. The molecule has 1 aliphatic heterocycles. The molecule has 27 heavy (non-hydrogen) atoms. The Hall–Kier alpha value is -1.04. The van der Waals surface area contributed by atoms with E-state index in [0.29, 0.717) is 0 Å². The number of hydrogen-bond acceptors (Lipinski definition) is 0. The quantitative estimate of drug-likeness (QED) is 0.472. The van der Waals surface area contributed by atoms with E-state index < -0.39 is 13.9 Å². The van der Waals surface area contributed by atoms with Crippen molar-refractivity contribution in [3.63, 3.8) is 0 Å². The maximum atomic E-state index is 2.55. The summed E-state index contributed by atoms with van der Waals surface area (Å²) < 4.78 is 1.76. The molecule has 1 aliphatic rings. The molecule has 1 unspecified atom stereocenters. The van der Waals surface area contributed by atoms with Gasteiger partial charge in [0.1, 0.15) is 0 Å². The van der Waals surface area contributed by atoms with E-state index in [1.165, 1.54) is 10.9 Å². The van der Waals surface area contributed by atoms with Crippen LogP contribution in [0.25, 0.3) is 0 Å². The molecule has 146 valence electrons. The summed E-state index contributed by atoms with van der Waals surface area (Å²) in [4.78, 5) is 0.800. The Morgan fingerprint density at radius 2 is 1.19 bits per heavy atom. The standard InChI is InChI=1S/C26H37Se/c1-24(2,3)19-15-20(25(4,5)6)23(21(16-19)26(7,8)9)27-17-22(27)18-13-11-10-12-14-18/h10-16,22H,17H2,1-9H3/q+1/t22-,27?/m1/s1. The molecule has 0 nitrogen and oxygen atoms in total. The summed E-state index contributed by atoms with van der Waals surface area (Å²) in [7, 11) is 0. The van der Waals surface area contributed by atoms with Gasteiger partial charge in [-0.15, -0.1) is 0 Å². The third-order valence-corrected chi connectivity index (χ3v) is 10.5. The van der Waals surface area contributed by atoms with Gasteiger partial charge in [-0.3, -0.25) is 0 Å². The van der Waals surface area contributed by atoms with E-state index in [2.05, 4.69) is 105 Å². The molecule has 2 aromatic rings. The summed E-state index contributed by atoms with van der Waals surface area (Å²) in [6.07, 6.45) is 0. The second kappa shape index (κ2) is 6.78. The molecular formula is C26H37Se+. The number of rotatable bonds is 2. The molecule has 3 rings (SSSR count). The zero-order valence-electron chi connectivity index (χ0n) is 18.7. The van der Waals surface area contributed by atoms with Crippen molar-refractivity contribution in [1.82, 2.24) is 0 Å². The van der Waals surface area contributed by atoms with Crippen LogP contribution in [0.2, 0.25) is 5.32 Å². The van der Waals surface area contributed by atoms with E-state index in [1.54, 1.807) is 21.2 Å². The summed E-state index contributed by atoms with van der Waals surface area (Å²) in [5.74, 6) is 0. The molecule has 0 N–H and O–H groups in total. The summed E-state index contributed by atoms with van der Waals surface area (Å²) in [6.45, 7) is 21.4. The number of hydrogen-bond donors (Lipinski definition) is 0. The first-order valence-corrected chi connectivity index (χ1v) is 13.3. The first-order chi connectivity index (χ1) is 12.3. The predicted octanol–water partition coefficient (Wildman–Crippen LogP) is 6.62. The van der Waals surface area contributed by atoms with Crippen molar-refractivity contribution in [3.8, 4) is 0 Å². The SMILES string of the molecule is CC(C)(C)c1cc(C(C)(C)C)c([Se+]2C[C@@H]2c2ccccc2)c(C(C)(C)C)c1. The molecule has 1 saturated heterocycles. The molecular weight excluding hydrogens is 391 g/mol. The first kappa shape index (κ1) is 20.7. The van der Waals surface area contributed by atoms with Crippen molar-refractivity contribution in [1.29, 1.82) is 0 Å². The fourth-order valence-corrected chi connectivity index (χ4v) is 10.1. The van der Waals surface area contributed by atoms with E-state index in [9.17, 15) is 0 Å². The van der Waals surface area contributed by atoms with Crippen LogP contribution >= 0.6 is 0 Å². The van der Waals surface area contributed by atoms with Gasteiger partial charge in [-0.1, -0.05) is 0 Å². The fraction of sp³-hybridized carbons (Fsp3) is 0.538. The second-order valence-electron chi connectivity index (χ2n) is 11.1. The van der Waals surface area contributed by atoms with Crippen molar-refractivity contribution in [2.45, 2.75) is 88.7 Å². The van der Waals surface area contributed by atoms with Crippen molar-refractivity contribution in [3.05, 3.63) is 64.7 Å². The van der Waals surface area contributed by atoms with Crippen molar-refractivity contribution in [2.75, 3.05) is 0 Å². The van der Waals surface area contributed by atoms with Crippen LogP contribution < -0.4 is 4.46 Å². The van der Waals surface area contributed by atoms with Crippen LogP contribution in [0.1, 0.15) is 89.4 Å². The van der Waals surface area contributed by atoms with Crippen LogP contribution in [0.3, 0.4) is 0 Å². The Morgan fingerprint density at radius 3 is 1.59 bits per heavy atom. The summed E-state index contributed by atoms with van der Waals surface area (Å²) in [5, 5.41) is 1.41. The van der Waals surface area contributed by atoms with Crippen molar-refractivity contribution < 1.29 is 0 Å². The molecule has 0 saturated carbocycles. The van der Waals surface area contributed by atoms with Crippen LogP contribution in [0, 0.1) is 0 Å².